The number of hydrogen-bond acceptors (Lipinski definition) is 7. The van der Waals surface area contributed by atoms with Crippen LogP contribution >= 0.6 is 11.3 Å². The van der Waals surface area contributed by atoms with E-state index in [0.29, 0.717) is 4.70 Å². The third kappa shape index (κ3) is 5.20. The standard InChI is InChI=1S/C23H24FN3O6S2/c1-14-11-26(12-15(2)33-14)35(30,31)17-9-7-16(8-10-17)22(29)25-23-27(13-20(28)32-3)21-18(24)5-4-6-19(21)34-23/h4-10,14-15H,11-13H2,1-3H3. The molecule has 1 saturated heterocycles. The van der Waals surface area contributed by atoms with Gasteiger partial charge >= 0.3 is 5.97 Å². The molecule has 2 heterocycles. The lowest BCUT2D eigenvalue weighted by Gasteiger charge is -2.34. The molecule has 0 radical (unpaired) electrons. The monoisotopic (exact) mass is 521 g/mol. The molecule has 0 N–H and O–H groups in total. The SMILES string of the molecule is COC(=O)Cn1c(=NC(=O)c2ccc(S(=O)(=O)N3CC(C)OC(C)C3)cc2)sc2cccc(F)c21. The number of esters is 1. The summed E-state index contributed by atoms with van der Waals surface area (Å²) < 4.78 is 54.0. The predicted octanol–water partition coefficient (Wildman–Crippen LogP) is 2.55. The number of fused-ring (bicyclic) bond motifs is 1. The zero-order chi connectivity index (χ0) is 25.3. The molecular weight excluding hydrogens is 497 g/mol. The average Bonchev–Trinajstić information content (AvgIpc) is 3.16. The van der Waals surface area contributed by atoms with Crippen molar-refractivity contribution in [1.29, 1.82) is 0 Å². The van der Waals surface area contributed by atoms with Crippen molar-refractivity contribution >= 4 is 43.5 Å². The van der Waals surface area contributed by atoms with E-state index in [1.54, 1.807) is 6.07 Å². The molecule has 0 spiro atoms. The van der Waals surface area contributed by atoms with Crippen molar-refractivity contribution in [1.82, 2.24) is 8.87 Å². The summed E-state index contributed by atoms with van der Waals surface area (Å²) in [5.41, 5.74) is 0.292. The first-order valence-corrected chi connectivity index (χ1v) is 13.0. The lowest BCUT2D eigenvalue weighted by atomic mass is 10.2. The molecule has 12 heteroatoms. The maximum Gasteiger partial charge on any atom is 0.325 e. The molecule has 3 aromatic rings. The number of para-hydroxylation sites is 1. The van der Waals surface area contributed by atoms with Crippen LogP contribution in [0, 0.1) is 5.82 Å². The fraction of sp³-hybridized carbons (Fsp3) is 0.348. The molecule has 2 aromatic carbocycles. The summed E-state index contributed by atoms with van der Waals surface area (Å²) in [6, 6.07) is 9.91. The largest absolute Gasteiger partial charge is 0.468 e. The molecule has 1 aliphatic rings. The van der Waals surface area contributed by atoms with Crippen LogP contribution < -0.4 is 4.80 Å². The summed E-state index contributed by atoms with van der Waals surface area (Å²) in [5.74, 6) is -1.84. The van der Waals surface area contributed by atoms with Gasteiger partial charge in [0.25, 0.3) is 5.91 Å². The van der Waals surface area contributed by atoms with Gasteiger partial charge in [0, 0.05) is 18.7 Å². The van der Waals surface area contributed by atoms with E-state index in [4.69, 9.17) is 9.47 Å². The first-order valence-electron chi connectivity index (χ1n) is 10.8. The van der Waals surface area contributed by atoms with Gasteiger partial charge in [-0.05, 0) is 50.2 Å². The Morgan fingerprint density at radius 1 is 1.14 bits per heavy atom. The van der Waals surface area contributed by atoms with E-state index in [1.807, 2.05) is 13.8 Å². The average molecular weight is 522 g/mol. The summed E-state index contributed by atoms with van der Waals surface area (Å²) >= 11 is 1.05. The van der Waals surface area contributed by atoms with Gasteiger partial charge in [0.2, 0.25) is 10.0 Å². The van der Waals surface area contributed by atoms with Gasteiger partial charge in [-0.15, -0.1) is 0 Å². The minimum atomic E-state index is -3.76. The van der Waals surface area contributed by atoms with Crippen LogP contribution in [0.25, 0.3) is 10.2 Å². The van der Waals surface area contributed by atoms with Crippen molar-refractivity contribution in [2.75, 3.05) is 20.2 Å². The summed E-state index contributed by atoms with van der Waals surface area (Å²) in [7, 11) is -2.55. The van der Waals surface area contributed by atoms with Crippen molar-refractivity contribution in [2.45, 2.75) is 37.5 Å². The lowest BCUT2D eigenvalue weighted by Crippen LogP contribution is -2.48. The van der Waals surface area contributed by atoms with Gasteiger partial charge in [-0.25, -0.2) is 12.8 Å². The highest BCUT2D eigenvalue weighted by Gasteiger charge is 2.32. The van der Waals surface area contributed by atoms with E-state index in [9.17, 15) is 22.4 Å². The number of thiazole rings is 1. The van der Waals surface area contributed by atoms with Crippen molar-refractivity contribution in [3.8, 4) is 0 Å². The maximum atomic E-state index is 14.5. The summed E-state index contributed by atoms with van der Waals surface area (Å²) in [5, 5.41) is 0. The zero-order valence-corrected chi connectivity index (χ0v) is 20.9. The Bertz CT molecular complexity index is 1440. The number of morpholine rings is 1. The molecule has 1 aliphatic heterocycles. The van der Waals surface area contributed by atoms with Crippen molar-refractivity contribution < 1.29 is 31.9 Å². The molecule has 0 bridgehead atoms. The number of aromatic nitrogens is 1. The van der Waals surface area contributed by atoms with Crippen LogP contribution in [0.3, 0.4) is 0 Å². The number of methoxy groups -OCH3 is 1. The Kier molecular flexibility index (Phi) is 7.17. The van der Waals surface area contributed by atoms with Crippen molar-refractivity contribution in [3.05, 3.63) is 58.6 Å². The molecule has 2 atom stereocenters. The number of benzene rings is 2. The number of nitrogens with zero attached hydrogens (tertiary/aromatic N) is 3. The lowest BCUT2D eigenvalue weighted by molar-refractivity contribution is -0.141. The van der Waals surface area contributed by atoms with E-state index in [1.165, 1.54) is 52.4 Å². The van der Waals surface area contributed by atoms with Crippen LogP contribution in [-0.2, 0) is 30.8 Å². The number of carbonyl (C=O) groups excluding carboxylic acids is 2. The predicted molar refractivity (Wildman–Crippen MR) is 127 cm³/mol. The fourth-order valence-corrected chi connectivity index (χ4v) is 6.54. The molecule has 186 valence electrons. The number of sulfonamides is 1. The van der Waals surface area contributed by atoms with E-state index >= 15 is 0 Å². The molecule has 0 saturated carbocycles. The molecular formula is C23H24FN3O6S2. The van der Waals surface area contributed by atoms with Crippen LogP contribution in [-0.4, -0.2) is 61.6 Å². The molecule has 4 rings (SSSR count). The van der Waals surface area contributed by atoms with Crippen LogP contribution in [0.15, 0.2) is 52.4 Å². The van der Waals surface area contributed by atoms with E-state index in [-0.39, 0.29) is 52.6 Å². The minimum Gasteiger partial charge on any atom is -0.468 e. The second-order valence-corrected chi connectivity index (χ2v) is 11.1. The second kappa shape index (κ2) is 9.97. The minimum absolute atomic E-state index is 0.0556. The van der Waals surface area contributed by atoms with Gasteiger partial charge in [0.1, 0.15) is 12.4 Å². The normalized spacial score (nSPS) is 19.7. The van der Waals surface area contributed by atoms with E-state index < -0.39 is 27.7 Å². The third-order valence-corrected chi connectivity index (χ3v) is 8.38. The van der Waals surface area contributed by atoms with Gasteiger partial charge in [0.05, 0.1) is 34.4 Å². The first-order chi connectivity index (χ1) is 16.6. The van der Waals surface area contributed by atoms with Gasteiger partial charge in [-0.1, -0.05) is 17.4 Å². The quantitative estimate of drug-likeness (QED) is 0.478. The number of hydrogen-bond donors (Lipinski definition) is 0. The van der Waals surface area contributed by atoms with E-state index in [2.05, 4.69) is 4.99 Å². The third-order valence-electron chi connectivity index (χ3n) is 5.49. The highest BCUT2D eigenvalue weighted by atomic mass is 32.2. The number of carbonyl (C=O) groups is 2. The molecule has 1 aromatic heterocycles. The summed E-state index contributed by atoms with van der Waals surface area (Å²) in [6.45, 7) is 3.79. The van der Waals surface area contributed by atoms with Crippen molar-refractivity contribution in [3.63, 3.8) is 0 Å². The molecule has 2 unspecified atom stereocenters. The smallest absolute Gasteiger partial charge is 0.325 e. The maximum absolute atomic E-state index is 14.5. The van der Waals surface area contributed by atoms with Crippen LogP contribution in [0.1, 0.15) is 24.2 Å². The number of halogens is 1. The Labute approximate surface area is 205 Å². The Morgan fingerprint density at radius 2 is 1.80 bits per heavy atom. The number of amides is 1. The molecule has 0 aliphatic carbocycles. The number of ether oxygens (including phenoxy) is 2. The topological polar surface area (TPSA) is 107 Å². The highest BCUT2D eigenvalue weighted by Crippen LogP contribution is 2.23. The van der Waals surface area contributed by atoms with Gasteiger partial charge in [-0.3, -0.25) is 9.59 Å². The summed E-state index contributed by atoms with van der Waals surface area (Å²) in [6.07, 6.45) is -0.452. The van der Waals surface area contributed by atoms with Crippen LogP contribution in [0.2, 0.25) is 0 Å². The van der Waals surface area contributed by atoms with Gasteiger partial charge in [-0.2, -0.15) is 9.30 Å². The van der Waals surface area contributed by atoms with E-state index in [0.717, 1.165) is 11.3 Å². The Hall–Kier alpha value is -2.93. The Balaban J connectivity index is 1.66. The number of rotatable bonds is 5. The Morgan fingerprint density at radius 3 is 2.43 bits per heavy atom. The molecule has 35 heavy (non-hydrogen) atoms. The zero-order valence-electron chi connectivity index (χ0n) is 19.3. The van der Waals surface area contributed by atoms with Crippen LogP contribution in [0.5, 0.6) is 0 Å². The molecule has 1 fully saturated rings. The highest BCUT2D eigenvalue weighted by molar-refractivity contribution is 7.89. The van der Waals surface area contributed by atoms with Gasteiger partial charge in [0.15, 0.2) is 4.80 Å². The van der Waals surface area contributed by atoms with Crippen molar-refractivity contribution in [2.24, 2.45) is 4.99 Å². The van der Waals surface area contributed by atoms with Gasteiger partial charge < -0.3 is 14.0 Å². The molecule has 9 nitrogen and oxygen atoms in total. The molecule has 1 amide bonds. The first kappa shape index (κ1) is 25.2. The summed E-state index contributed by atoms with van der Waals surface area (Å²) in [4.78, 5) is 29.0. The fourth-order valence-electron chi connectivity index (χ4n) is 3.91. The second-order valence-electron chi connectivity index (χ2n) is 8.15. The van der Waals surface area contributed by atoms with Crippen LogP contribution in [0.4, 0.5) is 4.39 Å².